The van der Waals surface area contributed by atoms with Crippen LogP contribution in [0.15, 0.2) is 84.1 Å². The number of aromatic amines is 1. The molecule has 2 aromatic carbocycles. The van der Waals surface area contributed by atoms with E-state index in [1.807, 2.05) is 36.4 Å². The molecule has 0 unspecified atom stereocenters. The van der Waals surface area contributed by atoms with Gasteiger partial charge in [0.25, 0.3) is 0 Å². The van der Waals surface area contributed by atoms with Gasteiger partial charge in [0.05, 0.1) is 10.9 Å². The van der Waals surface area contributed by atoms with Crippen LogP contribution >= 0.6 is 0 Å². The van der Waals surface area contributed by atoms with Gasteiger partial charge in [0.2, 0.25) is 10.0 Å². The number of primary sulfonamides is 1. The molecular formula is C23H22N4O3S. The molecule has 0 fully saturated rings. The molecule has 2 aromatic heterocycles. The second kappa shape index (κ2) is 8.81. The molecule has 0 aliphatic rings. The zero-order valence-electron chi connectivity index (χ0n) is 16.7. The van der Waals surface area contributed by atoms with Crippen LogP contribution in [-0.2, 0) is 16.4 Å². The summed E-state index contributed by atoms with van der Waals surface area (Å²) in [7, 11) is -3.71. The van der Waals surface area contributed by atoms with Gasteiger partial charge in [0.1, 0.15) is 0 Å². The van der Waals surface area contributed by atoms with Gasteiger partial charge in [-0.1, -0.05) is 42.5 Å². The van der Waals surface area contributed by atoms with Gasteiger partial charge in [-0.3, -0.25) is 9.78 Å². The van der Waals surface area contributed by atoms with E-state index in [9.17, 15) is 13.2 Å². The Balaban J connectivity index is 1.53. The number of nitrogens with one attached hydrogen (secondary N) is 2. The molecular weight excluding hydrogens is 412 g/mol. The molecule has 4 aromatic rings. The summed E-state index contributed by atoms with van der Waals surface area (Å²) >= 11 is 0. The van der Waals surface area contributed by atoms with Crippen molar-refractivity contribution in [3.8, 4) is 0 Å². The first kappa shape index (κ1) is 20.9. The predicted octanol–water partition coefficient (Wildman–Crippen LogP) is 2.97. The van der Waals surface area contributed by atoms with Crippen molar-refractivity contribution < 1.29 is 13.2 Å². The van der Waals surface area contributed by atoms with Crippen molar-refractivity contribution in [3.05, 3.63) is 95.9 Å². The quantitative estimate of drug-likeness (QED) is 0.369. The third-order valence-corrected chi connectivity index (χ3v) is 6.09. The Morgan fingerprint density at radius 2 is 1.81 bits per heavy atom. The highest BCUT2D eigenvalue weighted by Gasteiger charge is 2.24. The summed E-state index contributed by atoms with van der Waals surface area (Å²) in [5, 5.41) is 9.29. The molecule has 0 saturated carbocycles. The molecule has 0 aliphatic carbocycles. The second-order valence-corrected chi connectivity index (χ2v) is 8.79. The summed E-state index contributed by atoms with van der Waals surface area (Å²) in [6.45, 7) is 0.528. The monoisotopic (exact) mass is 434 g/mol. The van der Waals surface area contributed by atoms with Crippen LogP contribution in [0.2, 0.25) is 0 Å². The lowest BCUT2D eigenvalue weighted by atomic mass is 9.97. The Kier molecular flexibility index (Phi) is 5.94. The van der Waals surface area contributed by atoms with Crippen molar-refractivity contribution in [2.75, 3.05) is 6.54 Å². The minimum absolute atomic E-state index is 0.0463. The number of H-pyrrole nitrogens is 1. The van der Waals surface area contributed by atoms with E-state index in [-0.39, 0.29) is 10.7 Å². The van der Waals surface area contributed by atoms with Gasteiger partial charge >= 0.3 is 0 Å². The molecule has 4 rings (SSSR count). The number of nitrogens with two attached hydrogens (primary N) is 1. The predicted molar refractivity (Wildman–Crippen MR) is 119 cm³/mol. The number of hydrogen-bond donors (Lipinski definition) is 3. The van der Waals surface area contributed by atoms with Gasteiger partial charge in [-0.15, -0.1) is 0 Å². The van der Waals surface area contributed by atoms with E-state index in [1.54, 1.807) is 30.7 Å². The van der Waals surface area contributed by atoms with E-state index in [0.717, 1.165) is 22.0 Å². The van der Waals surface area contributed by atoms with Crippen LogP contribution in [0.3, 0.4) is 0 Å². The van der Waals surface area contributed by atoms with E-state index >= 15 is 0 Å². The summed E-state index contributed by atoms with van der Waals surface area (Å²) < 4.78 is 22.8. The van der Waals surface area contributed by atoms with Crippen molar-refractivity contribution in [2.24, 2.45) is 5.14 Å². The number of rotatable bonds is 8. The Labute approximate surface area is 180 Å². The standard InChI is InChI=1S/C23H22N4O3S/c24-31(29,30)18-8-6-16(7-9-18)10-13-26-22(17-4-2-1-3-5-17)23(28)20-15-27-21-11-12-25-14-19(20)21/h1-9,11-12,14-15,22,26-27H,10,13H2,(H2,24,29,30)/t22-/m0/s1. The zero-order chi connectivity index (χ0) is 21.8. The summed E-state index contributed by atoms with van der Waals surface area (Å²) in [4.78, 5) is 20.8. The van der Waals surface area contributed by atoms with Crippen LogP contribution in [-0.4, -0.2) is 30.7 Å². The topological polar surface area (TPSA) is 118 Å². The van der Waals surface area contributed by atoms with Crippen LogP contribution in [0.4, 0.5) is 0 Å². The van der Waals surface area contributed by atoms with Crippen molar-refractivity contribution in [2.45, 2.75) is 17.4 Å². The van der Waals surface area contributed by atoms with Crippen molar-refractivity contribution >= 4 is 26.7 Å². The Hall–Kier alpha value is -3.33. The van der Waals surface area contributed by atoms with E-state index in [0.29, 0.717) is 18.5 Å². The lowest BCUT2D eigenvalue weighted by Gasteiger charge is -2.18. The summed E-state index contributed by atoms with van der Waals surface area (Å²) in [5.74, 6) is -0.0463. The number of carbonyl (C=O) groups is 1. The van der Waals surface area contributed by atoms with Crippen molar-refractivity contribution in [3.63, 3.8) is 0 Å². The maximum Gasteiger partial charge on any atom is 0.238 e. The summed E-state index contributed by atoms with van der Waals surface area (Å²) in [5.41, 5.74) is 3.26. The number of pyridine rings is 1. The van der Waals surface area contributed by atoms with Crippen LogP contribution in [0.1, 0.15) is 27.5 Å². The lowest BCUT2D eigenvalue weighted by molar-refractivity contribution is 0.0945. The maximum absolute atomic E-state index is 13.4. The van der Waals surface area contributed by atoms with E-state index < -0.39 is 16.1 Å². The maximum atomic E-state index is 13.4. The third kappa shape index (κ3) is 4.72. The average Bonchev–Trinajstić information content (AvgIpc) is 3.21. The molecule has 0 amide bonds. The molecule has 2 heterocycles. The number of benzene rings is 2. The molecule has 8 heteroatoms. The highest BCUT2D eigenvalue weighted by Crippen LogP contribution is 2.24. The Morgan fingerprint density at radius 1 is 1.06 bits per heavy atom. The van der Waals surface area contributed by atoms with Gasteiger partial charge in [-0.05, 0) is 35.7 Å². The number of Topliss-reactive ketones (excluding diaryl/α,β-unsaturated/α-hetero) is 1. The first-order valence-electron chi connectivity index (χ1n) is 9.79. The normalized spacial score (nSPS) is 12.7. The van der Waals surface area contributed by atoms with E-state index in [2.05, 4.69) is 15.3 Å². The number of hydrogen-bond acceptors (Lipinski definition) is 5. The van der Waals surface area contributed by atoms with Crippen LogP contribution < -0.4 is 10.5 Å². The van der Waals surface area contributed by atoms with E-state index in [1.165, 1.54) is 12.1 Å². The number of sulfonamides is 1. The highest BCUT2D eigenvalue weighted by atomic mass is 32.2. The minimum atomic E-state index is -3.71. The van der Waals surface area contributed by atoms with Gasteiger partial charge in [-0.2, -0.15) is 0 Å². The molecule has 0 bridgehead atoms. The zero-order valence-corrected chi connectivity index (χ0v) is 17.5. The molecule has 1 atom stereocenters. The van der Waals surface area contributed by atoms with Gasteiger partial charge in [0.15, 0.2) is 5.78 Å². The largest absolute Gasteiger partial charge is 0.360 e. The smallest absolute Gasteiger partial charge is 0.238 e. The fourth-order valence-electron chi connectivity index (χ4n) is 3.54. The van der Waals surface area contributed by atoms with Crippen LogP contribution in [0.5, 0.6) is 0 Å². The molecule has 0 radical (unpaired) electrons. The number of aromatic nitrogens is 2. The Morgan fingerprint density at radius 3 is 2.52 bits per heavy atom. The molecule has 4 N–H and O–H groups in total. The minimum Gasteiger partial charge on any atom is -0.360 e. The fourth-order valence-corrected chi connectivity index (χ4v) is 4.05. The van der Waals surface area contributed by atoms with Gasteiger partial charge < -0.3 is 10.3 Å². The molecule has 31 heavy (non-hydrogen) atoms. The Bertz CT molecular complexity index is 1300. The highest BCUT2D eigenvalue weighted by molar-refractivity contribution is 7.89. The van der Waals surface area contributed by atoms with E-state index in [4.69, 9.17) is 5.14 Å². The van der Waals surface area contributed by atoms with Gasteiger partial charge in [-0.25, -0.2) is 13.6 Å². The SMILES string of the molecule is NS(=O)(=O)c1ccc(CCN[C@H](C(=O)c2c[nH]c3ccncc23)c2ccccc2)cc1. The second-order valence-electron chi connectivity index (χ2n) is 7.22. The van der Waals surface area contributed by atoms with Crippen molar-refractivity contribution in [1.29, 1.82) is 0 Å². The molecule has 0 spiro atoms. The fraction of sp³-hybridized carbons (Fsp3) is 0.130. The first-order chi connectivity index (χ1) is 14.9. The third-order valence-electron chi connectivity index (χ3n) is 5.16. The molecule has 7 nitrogen and oxygen atoms in total. The lowest BCUT2D eigenvalue weighted by Crippen LogP contribution is -2.30. The van der Waals surface area contributed by atoms with Crippen LogP contribution in [0, 0.1) is 0 Å². The number of nitrogens with zero attached hydrogens (tertiary/aromatic N) is 1. The number of carbonyl (C=O) groups excluding carboxylic acids is 1. The molecule has 0 aliphatic heterocycles. The number of fused-ring (bicyclic) bond motifs is 1. The van der Waals surface area contributed by atoms with Gasteiger partial charge in [0, 0.05) is 41.6 Å². The van der Waals surface area contributed by atoms with Crippen molar-refractivity contribution in [1.82, 2.24) is 15.3 Å². The molecule has 158 valence electrons. The average molecular weight is 435 g/mol. The van der Waals surface area contributed by atoms with Crippen LogP contribution in [0.25, 0.3) is 10.9 Å². The summed E-state index contributed by atoms with van der Waals surface area (Å²) in [6.07, 6.45) is 5.71. The number of ketones is 1. The molecule has 0 saturated heterocycles. The first-order valence-corrected chi connectivity index (χ1v) is 11.3. The summed E-state index contributed by atoms with van der Waals surface area (Å²) in [6, 6.07) is 17.3.